The minimum atomic E-state index is -3.40. The molecular weight excluding hydrogens is 240 g/mol. The zero-order chi connectivity index (χ0) is 12.8. The topological polar surface area (TPSA) is 69.0 Å². The highest BCUT2D eigenvalue weighted by Crippen LogP contribution is 2.28. The Balaban J connectivity index is 2.68. The Labute approximate surface area is 101 Å². The first-order valence-corrected chi connectivity index (χ1v) is 7.36. The van der Waals surface area contributed by atoms with Crippen LogP contribution in [-0.4, -0.2) is 29.5 Å². The SMILES string of the molecule is CCCc1nc2c(n1C)C(=O)C(C)CS2(=O)=O. The van der Waals surface area contributed by atoms with Crippen LogP contribution >= 0.6 is 0 Å². The second kappa shape index (κ2) is 3.94. The summed E-state index contributed by atoms with van der Waals surface area (Å²) in [6.07, 6.45) is 1.55. The Kier molecular flexibility index (Phi) is 2.85. The highest BCUT2D eigenvalue weighted by atomic mass is 32.2. The molecule has 2 rings (SSSR count). The van der Waals surface area contributed by atoms with Crippen LogP contribution in [0.3, 0.4) is 0 Å². The van der Waals surface area contributed by atoms with Gasteiger partial charge in [-0.2, -0.15) is 0 Å². The summed E-state index contributed by atoms with van der Waals surface area (Å²) in [5.74, 6) is -0.0467. The zero-order valence-electron chi connectivity index (χ0n) is 10.2. The van der Waals surface area contributed by atoms with Gasteiger partial charge in [0.2, 0.25) is 0 Å². The van der Waals surface area contributed by atoms with Gasteiger partial charge in [0, 0.05) is 19.4 Å². The van der Waals surface area contributed by atoms with Crippen molar-refractivity contribution in [2.24, 2.45) is 13.0 Å². The van der Waals surface area contributed by atoms with Crippen LogP contribution in [0.4, 0.5) is 0 Å². The first kappa shape index (κ1) is 12.3. The summed E-state index contributed by atoms with van der Waals surface area (Å²) in [5.41, 5.74) is 0.257. The van der Waals surface area contributed by atoms with Gasteiger partial charge in [-0.05, 0) is 6.42 Å². The summed E-state index contributed by atoms with van der Waals surface area (Å²) in [7, 11) is -1.69. The average molecular weight is 256 g/mol. The van der Waals surface area contributed by atoms with Crippen LogP contribution < -0.4 is 0 Å². The van der Waals surface area contributed by atoms with E-state index in [0.717, 1.165) is 6.42 Å². The third kappa shape index (κ3) is 1.80. The summed E-state index contributed by atoms with van der Waals surface area (Å²) in [6.45, 7) is 3.64. The molecule has 1 atom stereocenters. The Morgan fingerprint density at radius 1 is 1.47 bits per heavy atom. The number of hydrogen-bond donors (Lipinski definition) is 0. The lowest BCUT2D eigenvalue weighted by Crippen LogP contribution is -2.30. The molecule has 0 spiro atoms. The lowest BCUT2D eigenvalue weighted by molar-refractivity contribution is 0.0924. The molecule has 2 heterocycles. The summed E-state index contributed by atoms with van der Waals surface area (Å²) >= 11 is 0. The number of Topliss-reactive ketones (excluding diaryl/α,β-unsaturated/α-hetero) is 1. The Morgan fingerprint density at radius 3 is 2.71 bits per heavy atom. The van der Waals surface area contributed by atoms with Gasteiger partial charge in [0.15, 0.2) is 20.6 Å². The largest absolute Gasteiger partial charge is 0.328 e. The van der Waals surface area contributed by atoms with Crippen molar-refractivity contribution in [1.29, 1.82) is 0 Å². The van der Waals surface area contributed by atoms with E-state index in [0.29, 0.717) is 12.2 Å². The molecule has 0 aliphatic carbocycles. The molecule has 0 saturated carbocycles. The fraction of sp³-hybridized carbons (Fsp3) is 0.636. The number of nitrogens with zero attached hydrogens (tertiary/aromatic N) is 2. The monoisotopic (exact) mass is 256 g/mol. The quantitative estimate of drug-likeness (QED) is 0.791. The second-order valence-electron chi connectivity index (χ2n) is 4.54. The maximum atomic E-state index is 12.0. The molecule has 1 aromatic heterocycles. The predicted octanol–water partition coefficient (Wildman–Crippen LogP) is 0.979. The van der Waals surface area contributed by atoms with Gasteiger partial charge in [-0.3, -0.25) is 4.79 Å². The van der Waals surface area contributed by atoms with Crippen LogP contribution in [0, 0.1) is 5.92 Å². The van der Waals surface area contributed by atoms with E-state index in [1.54, 1.807) is 18.5 Å². The first-order chi connectivity index (χ1) is 7.88. The lowest BCUT2D eigenvalue weighted by Gasteiger charge is -2.17. The highest BCUT2D eigenvalue weighted by Gasteiger charge is 2.39. The molecule has 94 valence electrons. The molecular formula is C11H16N2O3S. The fourth-order valence-electron chi connectivity index (χ4n) is 2.17. The van der Waals surface area contributed by atoms with E-state index in [9.17, 15) is 13.2 Å². The Morgan fingerprint density at radius 2 is 2.12 bits per heavy atom. The summed E-state index contributed by atoms with van der Waals surface area (Å²) in [4.78, 5) is 16.1. The van der Waals surface area contributed by atoms with Crippen LogP contribution in [0.5, 0.6) is 0 Å². The Hall–Kier alpha value is -1.17. The van der Waals surface area contributed by atoms with Crippen molar-refractivity contribution in [2.75, 3.05) is 5.75 Å². The van der Waals surface area contributed by atoms with Crippen molar-refractivity contribution in [3.63, 3.8) is 0 Å². The van der Waals surface area contributed by atoms with Crippen molar-refractivity contribution in [2.45, 2.75) is 31.7 Å². The number of ketones is 1. The number of rotatable bonds is 2. The molecule has 1 aromatic rings. The van der Waals surface area contributed by atoms with Gasteiger partial charge in [-0.1, -0.05) is 13.8 Å². The van der Waals surface area contributed by atoms with Gasteiger partial charge in [-0.25, -0.2) is 13.4 Å². The minimum Gasteiger partial charge on any atom is -0.328 e. The van der Waals surface area contributed by atoms with E-state index in [4.69, 9.17) is 0 Å². The molecule has 1 aliphatic heterocycles. The number of aryl methyl sites for hydroxylation is 1. The summed E-state index contributed by atoms with van der Waals surface area (Å²) in [5, 5.41) is -0.0217. The molecule has 1 unspecified atom stereocenters. The molecule has 5 nitrogen and oxygen atoms in total. The molecule has 17 heavy (non-hydrogen) atoms. The minimum absolute atomic E-state index is 0.0217. The molecule has 0 N–H and O–H groups in total. The van der Waals surface area contributed by atoms with Gasteiger partial charge >= 0.3 is 0 Å². The number of imidazole rings is 1. The summed E-state index contributed by atoms with van der Waals surface area (Å²) < 4.78 is 25.6. The smallest absolute Gasteiger partial charge is 0.198 e. The van der Waals surface area contributed by atoms with Crippen molar-refractivity contribution in [3.05, 3.63) is 11.5 Å². The van der Waals surface area contributed by atoms with Crippen LogP contribution in [-0.2, 0) is 23.3 Å². The fourth-order valence-corrected chi connectivity index (χ4v) is 3.91. The number of fused-ring (bicyclic) bond motifs is 1. The predicted molar refractivity (Wildman–Crippen MR) is 62.8 cm³/mol. The zero-order valence-corrected chi connectivity index (χ0v) is 11.0. The third-order valence-corrected chi connectivity index (χ3v) is 4.89. The van der Waals surface area contributed by atoms with E-state index in [2.05, 4.69) is 4.98 Å². The van der Waals surface area contributed by atoms with E-state index in [1.165, 1.54) is 0 Å². The van der Waals surface area contributed by atoms with Crippen LogP contribution in [0.25, 0.3) is 0 Å². The van der Waals surface area contributed by atoms with Gasteiger partial charge in [0.1, 0.15) is 11.5 Å². The van der Waals surface area contributed by atoms with Crippen molar-refractivity contribution in [3.8, 4) is 0 Å². The maximum absolute atomic E-state index is 12.0. The number of hydrogen-bond acceptors (Lipinski definition) is 4. The normalized spacial score (nSPS) is 22.5. The number of carbonyl (C=O) groups excluding carboxylic acids is 1. The third-order valence-electron chi connectivity index (χ3n) is 3.07. The van der Waals surface area contributed by atoms with Crippen molar-refractivity contribution >= 4 is 15.6 Å². The number of sulfone groups is 1. The second-order valence-corrected chi connectivity index (χ2v) is 6.49. The lowest BCUT2D eigenvalue weighted by atomic mass is 10.1. The first-order valence-electron chi connectivity index (χ1n) is 5.71. The molecule has 0 radical (unpaired) electrons. The molecule has 1 aliphatic rings. The molecule has 0 bridgehead atoms. The average Bonchev–Trinajstić information content (AvgIpc) is 2.55. The molecule has 0 amide bonds. The van der Waals surface area contributed by atoms with Gasteiger partial charge in [0.25, 0.3) is 0 Å². The van der Waals surface area contributed by atoms with Gasteiger partial charge in [-0.15, -0.1) is 0 Å². The maximum Gasteiger partial charge on any atom is 0.198 e. The number of carbonyl (C=O) groups is 1. The summed E-state index contributed by atoms with van der Waals surface area (Å²) in [6, 6.07) is 0. The molecule has 0 saturated heterocycles. The highest BCUT2D eigenvalue weighted by molar-refractivity contribution is 7.91. The van der Waals surface area contributed by atoms with Crippen LogP contribution in [0.1, 0.15) is 36.6 Å². The van der Waals surface area contributed by atoms with Gasteiger partial charge in [0.05, 0.1) is 5.75 Å². The van der Waals surface area contributed by atoms with E-state index in [1.807, 2.05) is 6.92 Å². The van der Waals surface area contributed by atoms with E-state index in [-0.39, 0.29) is 22.3 Å². The van der Waals surface area contributed by atoms with Crippen molar-refractivity contribution in [1.82, 2.24) is 9.55 Å². The van der Waals surface area contributed by atoms with E-state index < -0.39 is 15.8 Å². The number of aromatic nitrogens is 2. The van der Waals surface area contributed by atoms with E-state index >= 15 is 0 Å². The molecule has 6 heteroatoms. The van der Waals surface area contributed by atoms with Crippen molar-refractivity contribution < 1.29 is 13.2 Å². The molecule has 0 aromatic carbocycles. The Bertz CT molecular complexity index is 572. The van der Waals surface area contributed by atoms with Gasteiger partial charge < -0.3 is 4.57 Å². The van der Waals surface area contributed by atoms with Crippen LogP contribution in [0.15, 0.2) is 5.03 Å². The molecule has 0 fully saturated rings. The standard InChI is InChI=1S/C11H16N2O3S/c1-4-5-8-12-11-9(13(8)3)10(14)7(2)6-17(11,15)16/h7H,4-6H2,1-3H3. The van der Waals surface area contributed by atoms with Crippen LogP contribution in [0.2, 0.25) is 0 Å².